The normalized spacial score (nSPS) is 10.6. The number of hydrogen-bond donors (Lipinski definition) is 1. The minimum absolute atomic E-state index is 0.170. The van der Waals surface area contributed by atoms with Crippen LogP contribution in [0.2, 0.25) is 0 Å². The lowest BCUT2D eigenvalue weighted by molar-refractivity contribution is 0.0982. The van der Waals surface area contributed by atoms with Crippen LogP contribution in [0.5, 0.6) is 0 Å². The highest BCUT2D eigenvalue weighted by atomic mass is 19.1. The molecule has 0 saturated heterocycles. The number of carbonyl (C=O) groups is 1. The van der Waals surface area contributed by atoms with E-state index in [1.165, 1.54) is 21.8 Å². The fraction of sp³-hybridized carbons (Fsp3) is 0.308. The van der Waals surface area contributed by atoms with Crippen LogP contribution in [0.1, 0.15) is 17.4 Å². The number of halogens is 1. The first-order valence-corrected chi connectivity index (χ1v) is 6.34. The third-order valence-electron chi connectivity index (χ3n) is 2.82. The Bertz CT molecular complexity index is 598. The number of anilines is 1. The van der Waals surface area contributed by atoms with Gasteiger partial charge in [-0.05, 0) is 19.1 Å². The fourth-order valence-corrected chi connectivity index (χ4v) is 1.87. The maximum Gasteiger partial charge on any atom is 0.280 e. The number of hydrogen-bond acceptors (Lipinski definition) is 4. The van der Waals surface area contributed by atoms with E-state index in [4.69, 9.17) is 5.73 Å². The predicted octanol–water partition coefficient (Wildman–Crippen LogP) is 1.04. The van der Waals surface area contributed by atoms with Gasteiger partial charge in [-0.2, -0.15) is 0 Å². The standard InChI is InChI=1S/C13H16FN5O/c1-2-19(12-6-4-3-5-10(12)14)13(20)11-9-18(8-7-15)17-16-11/h3-6,9H,2,7-8,15H2,1H3. The van der Waals surface area contributed by atoms with E-state index in [9.17, 15) is 9.18 Å². The first kappa shape index (κ1) is 14.1. The Morgan fingerprint density at radius 1 is 1.45 bits per heavy atom. The Hall–Kier alpha value is -2.28. The van der Waals surface area contributed by atoms with E-state index in [0.29, 0.717) is 19.6 Å². The number of benzene rings is 1. The number of aromatic nitrogens is 3. The molecule has 2 N–H and O–H groups in total. The Morgan fingerprint density at radius 3 is 2.85 bits per heavy atom. The van der Waals surface area contributed by atoms with Crippen molar-refractivity contribution in [3.63, 3.8) is 0 Å². The highest BCUT2D eigenvalue weighted by Gasteiger charge is 2.21. The van der Waals surface area contributed by atoms with Crippen LogP contribution in [0.4, 0.5) is 10.1 Å². The average Bonchev–Trinajstić information content (AvgIpc) is 2.90. The zero-order chi connectivity index (χ0) is 14.5. The molecular formula is C13H16FN5O. The molecule has 0 fully saturated rings. The molecule has 0 aliphatic carbocycles. The third-order valence-corrected chi connectivity index (χ3v) is 2.82. The molecule has 1 aromatic heterocycles. The van der Waals surface area contributed by atoms with Crippen LogP contribution < -0.4 is 10.6 Å². The number of amides is 1. The summed E-state index contributed by atoms with van der Waals surface area (Å²) in [5, 5.41) is 7.61. The molecule has 2 rings (SSSR count). The molecular weight excluding hydrogens is 261 g/mol. The molecule has 0 unspecified atom stereocenters. The molecule has 0 bridgehead atoms. The van der Waals surface area contributed by atoms with Crippen LogP contribution in [0.3, 0.4) is 0 Å². The van der Waals surface area contributed by atoms with E-state index in [1.54, 1.807) is 25.1 Å². The molecule has 1 amide bonds. The summed E-state index contributed by atoms with van der Waals surface area (Å²) in [6.07, 6.45) is 1.51. The van der Waals surface area contributed by atoms with Crippen molar-refractivity contribution >= 4 is 11.6 Å². The zero-order valence-corrected chi connectivity index (χ0v) is 11.2. The second-order valence-electron chi connectivity index (χ2n) is 4.16. The summed E-state index contributed by atoms with van der Waals surface area (Å²) >= 11 is 0. The highest BCUT2D eigenvalue weighted by Crippen LogP contribution is 2.20. The minimum atomic E-state index is -0.447. The monoisotopic (exact) mass is 277 g/mol. The molecule has 20 heavy (non-hydrogen) atoms. The molecule has 1 aromatic carbocycles. The van der Waals surface area contributed by atoms with Gasteiger partial charge in [-0.15, -0.1) is 5.10 Å². The van der Waals surface area contributed by atoms with E-state index in [0.717, 1.165) is 0 Å². The van der Waals surface area contributed by atoms with E-state index in [-0.39, 0.29) is 17.3 Å². The summed E-state index contributed by atoms with van der Waals surface area (Å²) in [4.78, 5) is 13.7. The number of nitrogens with zero attached hydrogens (tertiary/aromatic N) is 4. The van der Waals surface area contributed by atoms with Gasteiger partial charge in [0.1, 0.15) is 5.82 Å². The van der Waals surface area contributed by atoms with Crippen LogP contribution in [0.25, 0.3) is 0 Å². The van der Waals surface area contributed by atoms with Crippen LogP contribution in [0.15, 0.2) is 30.5 Å². The molecule has 1 heterocycles. The van der Waals surface area contributed by atoms with Crippen molar-refractivity contribution in [1.82, 2.24) is 15.0 Å². The van der Waals surface area contributed by atoms with E-state index < -0.39 is 5.82 Å². The number of carbonyl (C=O) groups excluding carboxylic acids is 1. The first-order valence-electron chi connectivity index (χ1n) is 6.34. The van der Waals surface area contributed by atoms with Gasteiger partial charge in [-0.1, -0.05) is 17.3 Å². The maximum absolute atomic E-state index is 13.8. The Labute approximate surface area is 116 Å². The van der Waals surface area contributed by atoms with Crippen molar-refractivity contribution < 1.29 is 9.18 Å². The van der Waals surface area contributed by atoms with Gasteiger partial charge < -0.3 is 10.6 Å². The minimum Gasteiger partial charge on any atom is -0.329 e. The first-order chi connectivity index (χ1) is 9.67. The van der Waals surface area contributed by atoms with Crippen molar-refractivity contribution in [3.8, 4) is 0 Å². The topological polar surface area (TPSA) is 77.0 Å². The Balaban J connectivity index is 2.27. The van der Waals surface area contributed by atoms with Gasteiger partial charge in [-0.3, -0.25) is 9.48 Å². The van der Waals surface area contributed by atoms with Crippen molar-refractivity contribution in [2.45, 2.75) is 13.5 Å². The van der Waals surface area contributed by atoms with Crippen LogP contribution in [0, 0.1) is 5.82 Å². The quantitative estimate of drug-likeness (QED) is 0.886. The fourth-order valence-electron chi connectivity index (χ4n) is 1.87. The van der Waals surface area contributed by atoms with Crippen molar-refractivity contribution in [3.05, 3.63) is 42.0 Å². The molecule has 0 atom stereocenters. The van der Waals surface area contributed by atoms with Gasteiger partial charge in [-0.25, -0.2) is 4.39 Å². The molecule has 0 spiro atoms. The second-order valence-corrected chi connectivity index (χ2v) is 4.16. The van der Waals surface area contributed by atoms with Crippen LogP contribution in [-0.2, 0) is 6.54 Å². The summed E-state index contributed by atoms with van der Waals surface area (Å²) in [5.41, 5.74) is 5.81. The smallest absolute Gasteiger partial charge is 0.280 e. The molecule has 0 aliphatic rings. The molecule has 0 radical (unpaired) electrons. The zero-order valence-electron chi connectivity index (χ0n) is 11.2. The predicted molar refractivity (Wildman–Crippen MR) is 72.8 cm³/mol. The molecule has 6 nitrogen and oxygen atoms in total. The van der Waals surface area contributed by atoms with Gasteiger partial charge in [0.05, 0.1) is 18.4 Å². The second kappa shape index (κ2) is 6.25. The highest BCUT2D eigenvalue weighted by molar-refractivity contribution is 6.04. The molecule has 7 heteroatoms. The number of nitrogens with two attached hydrogens (primary N) is 1. The Kier molecular flexibility index (Phi) is 4.41. The summed E-state index contributed by atoms with van der Waals surface area (Å²) in [6, 6.07) is 6.13. The van der Waals surface area contributed by atoms with E-state index in [1.807, 2.05) is 0 Å². The number of para-hydroxylation sites is 1. The maximum atomic E-state index is 13.8. The third kappa shape index (κ3) is 2.83. The summed E-state index contributed by atoms with van der Waals surface area (Å²) < 4.78 is 15.3. The van der Waals surface area contributed by atoms with Gasteiger partial charge in [0.25, 0.3) is 5.91 Å². The van der Waals surface area contributed by atoms with Gasteiger partial charge in [0, 0.05) is 13.1 Å². The van der Waals surface area contributed by atoms with Crippen molar-refractivity contribution in [2.75, 3.05) is 18.0 Å². The van der Waals surface area contributed by atoms with Crippen LogP contribution >= 0.6 is 0 Å². The Morgan fingerprint density at radius 2 is 2.20 bits per heavy atom. The summed E-state index contributed by atoms with van der Waals surface area (Å²) in [6.45, 7) is 2.99. The van der Waals surface area contributed by atoms with Crippen molar-refractivity contribution in [1.29, 1.82) is 0 Å². The van der Waals surface area contributed by atoms with Gasteiger partial charge in [0.15, 0.2) is 5.69 Å². The number of rotatable bonds is 5. The average molecular weight is 277 g/mol. The van der Waals surface area contributed by atoms with E-state index >= 15 is 0 Å². The lowest BCUT2D eigenvalue weighted by Crippen LogP contribution is -2.31. The lowest BCUT2D eigenvalue weighted by Gasteiger charge is -2.20. The largest absolute Gasteiger partial charge is 0.329 e. The summed E-state index contributed by atoms with van der Waals surface area (Å²) in [7, 11) is 0. The van der Waals surface area contributed by atoms with Crippen molar-refractivity contribution in [2.24, 2.45) is 5.73 Å². The molecule has 0 aliphatic heterocycles. The molecule has 106 valence electrons. The van der Waals surface area contributed by atoms with Gasteiger partial charge >= 0.3 is 0 Å². The lowest BCUT2D eigenvalue weighted by atomic mass is 10.2. The molecule has 0 saturated carbocycles. The van der Waals surface area contributed by atoms with E-state index in [2.05, 4.69) is 10.3 Å². The SMILES string of the molecule is CCN(C(=O)c1cn(CCN)nn1)c1ccccc1F. The molecule has 2 aromatic rings. The summed E-state index contributed by atoms with van der Waals surface area (Å²) in [5.74, 6) is -0.835. The van der Waals surface area contributed by atoms with Gasteiger partial charge in [0.2, 0.25) is 0 Å². The van der Waals surface area contributed by atoms with Crippen LogP contribution in [-0.4, -0.2) is 34.0 Å².